The summed E-state index contributed by atoms with van der Waals surface area (Å²) in [5.41, 5.74) is 0.538. The zero-order valence-electron chi connectivity index (χ0n) is 11.3. The molecule has 5 nitrogen and oxygen atoms in total. The lowest BCUT2D eigenvalue weighted by atomic mass is 10.1. The largest absolute Gasteiger partial charge is 0.377 e. The molecule has 20 heavy (non-hydrogen) atoms. The van der Waals surface area contributed by atoms with Crippen LogP contribution >= 0.6 is 0 Å². The Hall–Kier alpha value is -1.40. The van der Waals surface area contributed by atoms with Crippen molar-refractivity contribution in [3.05, 3.63) is 29.8 Å². The van der Waals surface area contributed by atoms with E-state index >= 15 is 0 Å². The molecule has 1 heterocycles. The molecule has 0 unspecified atom stereocenters. The summed E-state index contributed by atoms with van der Waals surface area (Å²) in [6, 6.07) is 6.66. The fourth-order valence-corrected chi connectivity index (χ4v) is 2.99. The van der Waals surface area contributed by atoms with Crippen LogP contribution in [0.3, 0.4) is 0 Å². The summed E-state index contributed by atoms with van der Waals surface area (Å²) in [4.78, 5) is 14.7. The van der Waals surface area contributed by atoms with Gasteiger partial charge in [0.25, 0.3) is 5.91 Å². The molecule has 1 saturated heterocycles. The van der Waals surface area contributed by atoms with Gasteiger partial charge in [-0.3, -0.25) is 4.79 Å². The third-order valence-corrected chi connectivity index (χ3v) is 4.85. The Morgan fingerprint density at radius 2 is 1.75 bits per heavy atom. The Morgan fingerprint density at radius 3 is 2.15 bits per heavy atom. The van der Waals surface area contributed by atoms with Crippen molar-refractivity contribution >= 4 is 15.7 Å². The molecule has 2 aliphatic rings. The number of ether oxygens (including phenoxy) is 1. The molecule has 0 radical (unpaired) electrons. The molecule has 0 bridgehead atoms. The molecule has 0 aromatic heterocycles. The van der Waals surface area contributed by atoms with Gasteiger partial charge in [0, 0.05) is 17.9 Å². The van der Waals surface area contributed by atoms with E-state index in [1.54, 1.807) is 12.1 Å². The highest BCUT2D eigenvalue weighted by molar-refractivity contribution is 7.90. The third-order valence-electron chi connectivity index (χ3n) is 3.72. The van der Waals surface area contributed by atoms with E-state index in [4.69, 9.17) is 4.74 Å². The van der Waals surface area contributed by atoms with Crippen LogP contribution in [0.1, 0.15) is 23.2 Å². The van der Waals surface area contributed by atoms with Crippen LogP contribution in [0.15, 0.2) is 29.2 Å². The molecule has 2 fully saturated rings. The van der Waals surface area contributed by atoms with Crippen molar-refractivity contribution in [3.8, 4) is 0 Å². The van der Waals surface area contributed by atoms with Crippen molar-refractivity contribution in [3.63, 3.8) is 0 Å². The predicted molar refractivity (Wildman–Crippen MR) is 73.4 cm³/mol. The van der Waals surface area contributed by atoms with E-state index in [1.165, 1.54) is 12.1 Å². The van der Waals surface area contributed by atoms with E-state index in [0.29, 0.717) is 24.8 Å². The standard InChI is InChI=1S/C14H17NO4S/c1-20(17,18)13-6-2-10(3-7-13)14(16)15(11-4-5-11)12-8-19-9-12/h2-3,6-7,11-12H,4-5,8-9H2,1H3. The van der Waals surface area contributed by atoms with E-state index in [9.17, 15) is 13.2 Å². The van der Waals surface area contributed by atoms with Crippen molar-refractivity contribution < 1.29 is 17.9 Å². The van der Waals surface area contributed by atoms with Crippen molar-refractivity contribution in [2.45, 2.75) is 29.8 Å². The minimum atomic E-state index is -3.22. The molecule has 3 rings (SSSR count). The summed E-state index contributed by atoms with van der Waals surface area (Å²) in [6.07, 6.45) is 3.25. The minimum absolute atomic E-state index is 0.0270. The first-order chi connectivity index (χ1) is 9.47. The smallest absolute Gasteiger partial charge is 0.254 e. The van der Waals surface area contributed by atoms with Crippen LogP contribution < -0.4 is 0 Å². The zero-order chi connectivity index (χ0) is 14.3. The minimum Gasteiger partial charge on any atom is -0.377 e. The maximum absolute atomic E-state index is 12.5. The second kappa shape index (κ2) is 4.86. The number of hydrogen-bond donors (Lipinski definition) is 0. The fraction of sp³-hybridized carbons (Fsp3) is 0.500. The Morgan fingerprint density at radius 1 is 1.15 bits per heavy atom. The topological polar surface area (TPSA) is 63.7 Å². The van der Waals surface area contributed by atoms with Crippen LogP contribution in [0.2, 0.25) is 0 Å². The summed E-state index contributed by atoms with van der Waals surface area (Å²) in [6.45, 7) is 1.20. The van der Waals surface area contributed by atoms with Gasteiger partial charge in [-0.2, -0.15) is 0 Å². The first-order valence-corrected chi connectivity index (χ1v) is 8.56. The number of carbonyl (C=O) groups is 1. The SMILES string of the molecule is CS(=O)(=O)c1ccc(C(=O)N(C2CC2)C2COC2)cc1. The molecule has 1 aliphatic carbocycles. The van der Waals surface area contributed by atoms with Gasteiger partial charge < -0.3 is 9.64 Å². The Labute approximate surface area is 118 Å². The lowest BCUT2D eigenvalue weighted by molar-refractivity contribution is -0.0566. The molecule has 0 spiro atoms. The van der Waals surface area contributed by atoms with E-state index in [-0.39, 0.29) is 16.8 Å². The van der Waals surface area contributed by atoms with Gasteiger partial charge in [-0.1, -0.05) is 0 Å². The number of amides is 1. The quantitative estimate of drug-likeness (QED) is 0.834. The highest BCUT2D eigenvalue weighted by atomic mass is 32.2. The molecule has 1 aromatic carbocycles. The molecule has 1 saturated carbocycles. The number of sulfone groups is 1. The number of hydrogen-bond acceptors (Lipinski definition) is 4. The number of benzene rings is 1. The van der Waals surface area contributed by atoms with Gasteiger partial charge in [0.15, 0.2) is 9.84 Å². The van der Waals surface area contributed by atoms with Crippen molar-refractivity contribution in [2.24, 2.45) is 0 Å². The Bertz CT molecular complexity index is 615. The lowest BCUT2D eigenvalue weighted by Crippen LogP contribution is -2.52. The highest BCUT2D eigenvalue weighted by Gasteiger charge is 2.40. The summed E-state index contributed by atoms with van der Waals surface area (Å²) < 4.78 is 28.0. The Balaban J connectivity index is 1.82. The van der Waals surface area contributed by atoms with Gasteiger partial charge in [0.2, 0.25) is 0 Å². The number of carbonyl (C=O) groups excluding carboxylic acids is 1. The van der Waals surface area contributed by atoms with Crippen molar-refractivity contribution in [1.29, 1.82) is 0 Å². The normalized spacial score (nSPS) is 19.4. The van der Waals surface area contributed by atoms with Crippen molar-refractivity contribution in [2.75, 3.05) is 19.5 Å². The molecule has 0 N–H and O–H groups in total. The second-order valence-electron chi connectivity index (χ2n) is 5.43. The van der Waals surface area contributed by atoms with Crippen LogP contribution in [-0.4, -0.2) is 50.8 Å². The monoisotopic (exact) mass is 295 g/mol. The molecule has 1 amide bonds. The van der Waals surface area contributed by atoms with E-state index < -0.39 is 9.84 Å². The highest BCUT2D eigenvalue weighted by Crippen LogP contribution is 2.32. The molecular formula is C14H17NO4S. The summed E-state index contributed by atoms with van der Waals surface area (Å²) in [5.74, 6) is -0.0270. The molecule has 0 atom stereocenters. The van der Waals surface area contributed by atoms with Crippen LogP contribution in [0, 0.1) is 0 Å². The van der Waals surface area contributed by atoms with Crippen LogP contribution in [0.4, 0.5) is 0 Å². The molecular weight excluding hydrogens is 278 g/mol. The van der Waals surface area contributed by atoms with Crippen LogP contribution in [-0.2, 0) is 14.6 Å². The van der Waals surface area contributed by atoms with Crippen LogP contribution in [0.25, 0.3) is 0 Å². The maximum Gasteiger partial charge on any atom is 0.254 e. The number of nitrogens with zero attached hydrogens (tertiary/aromatic N) is 1. The fourth-order valence-electron chi connectivity index (χ4n) is 2.36. The first kappa shape index (κ1) is 13.6. The molecule has 1 aliphatic heterocycles. The third kappa shape index (κ3) is 2.58. The molecule has 6 heteroatoms. The molecule has 1 aromatic rings. The van der Waals surface area contributed by atoms with E-state index in [2.05, 4.69) is 0 Å². The van der Waals surface area contributed by atoms with Crippen molar-refractivity contribution in [1.82, 2.24) is 4.90 Å². The summed E-state index contributed by atoms with van der Waals surface area (Å²) in [7, 11) is -3.22. The molecule has 108 valence electrons. The zero-order valence-corrected chi connectivity index (χ0v) is 12.1. The average molecular weight is 295 g/mol. The second-order valence-corrected chi connectivity index (χ2v) is 7.45. The summed E-state index contributed by atoms with van der Waals surface area (Å²) >= 11 is 0. The average Bonchev–Trinajstić information content (AvgIpc) is 3.16. The van der Waals surface area contributed by atoms with Gasteiger partial charge in [-0.05, 0) is 37.1 Å². The first-order valence-electron chi connectivity index (χ1n) is 6.67. The van der Waals surface area contributed by atoms with Gasteiger partial charge in [-0.25, -0.2) is 8.42 Å². The number of rotatable bonds is 4. The van der Waals surface area contributed by atoms with Gasteiger partial charge >= 0.3 is 0 Å². The predicted octanol–water partition coefficient (Wildman–Crippen LogP) is 1.09. The lowest BCUT2D eigenvalue weighted by Gasteiger charge is -2.37. The van der Waals surface area contributed by atoms with E-state index in [1.807, 2.05) is 4.90 Å². The van der Waals surface area contributed by atoms with Gasteiger partial charge in [0.1, 0.15) is 0 Å². The Kier molecular flexibility index (Phi) is 3.30. The van der Waals surface area contributed by atoms with Gasteiger partial charge in [0.05, 0.1) is 24.2 Å². The van der Waals surface area contributed by atoms with Gasteiger partial charge in [-0.15, -0.1) is 0 Å². The van der Waals surface area contributed by atoms with E-state index in [0.717, 1.165) is 19.1 Å². The maximum atomic E-state index is 12.5. The van der Waals surface area contributed by atoms with Crippen LogP contribution in [0.5, 0.6) is 0 Å². The summed E-state index contributed by atoms with van der Waals surface area (Å²) in [5, 5.41) is 0.